The number of carbonyl (C=O) groups excluding carboxylic acids is 2. The van der Waals surface area contributed by atoms with Gasteiger partial charge in [0, 0.05) is 18.5 Å². The van der Waals surface area contributed by atoms with Gasteiger partial charge in [0.25, 0.3) is 11.5 Å². The van der Waals surface area contributed by atoms with Crippen LogP contribution in [0.2, 0.25) is 0 Å². The first kappa shape index (κ1) is 19.3. The van der Waals surface area contributed by atoms with Crippen LogP contribution >= 0.6 is 11.3 Å². The lowest BCUT2D eigenvalue weighted by Gasteiger charge is -2.16. The Bertz CT molecular complexity index is 1150. The van der Waals surface area contributed by atoms with Gasteiger partial charge in [-0.15, -0.1) is 11.3 Å². The van der Waals surface area contributed by atoms with E-state index in [0.29, 0.717) is 33.6 Å². The minimum absolute atomic E-state index is 0.0512. The van der Waals surface area contributed by atoms with Crippen molar-refractivity contribution in [2.75, 3.05) is 12.4 Å². The molecule has 0 aliphatic carbocycles. The Morgan fingerprint density at radius 2 is 2.00 bits per heavy atom. The number of carbonyl (C=O) groups is 2. The van der Waals surface area contributed by atoms with Crippen LogP contribution in [0.25, 0.3) is 10.9 Å². The second-order valence-corrected chi connectivity index (χ2v) is 7.91. The van der Waals surface area contributed by atoms with E-state index in [9.17, 15) is 14.4 Å². The molecule has 4 rings (SSSR count). The summed E-state index contributed by atoms with van der Waals surface area (Å²) in [6.45, 7) is 0.688. The maximum Gasteiger partial charge on any atom is 0.350 e. The highest BCUT2D eigenvalue weighted by atomic mass is 32.1. The van der Waals surface area contributed by atoms with Gasteiger partial charge in [0.2, 0.25) is 0 Å². The van der Waals surface area contributed by atoms with Gasteiger partial charge in [0.05, 0.1) is 23.7 Å². The predicted molar refractivity (Wildman–Crippen MR) is 112 cm³/mol. The summed E-state index contributed by atoms with van der Waals surface area (Å²) in [5.41, 5.74) is 1.25. The van der Waals surface area contributed by atoms with Gasteiger partial charge in [-0.05, 0) is 42.5 Å². The number of hydrogen-bond donors (Lipinski definition) is 1. The fourth-order valence-corrected chi connectivity index (χ4v) is 4.36. The molecule has 2 aromatic heterocycles. The predicted octanol–water partition coefficient (Wildman–Crippen LogP) is 3.61. The maximum absolute atomic E-state index is 12.9. The molecule has 0 saturated carbocycles. The minimum atomic E-state index is -0.498. The van der Waals surface area contributed by atoms with Crippen molar-refractivity contribution in [2.45, 2.75) is 38.6 Å². The first-order chi connectivity index (χ1) is 14.1. The lowest BCUT2D eigenvalue weighted by Crippen LogP contribution is -2.26. The summed E-state index contributed by atoms with van der Waals surface area (Å²) in [6, 6.07) is 6.56. The van der Waals surface area contributed by atoms with Crippen LogP contribution in [0.3, 0.4) is 0 Å². The highest BCUT2D eigenvalue weighted by molar-refractivity contribution is 7.12. The Morgan fingerprint density at radius 1 is 1.17 bits per heavy atom. The highest BCUT2D eigenvalue weighted by Gasteiger charge is 2.18. The van der Waals surface area contributed by atoms with Crippen molar-refractivity contribution >= 4 is 39.8 Å². The summed E-state index contributed by atoms with van der Waals surface area (Å²) in [6.07, 6.45) is 5.01. The minimum Gasteiger partial charge on any atom is -0.465 e. The summed E-state index contributed by atoms with van der Waals surface area (Å²) in [5, 5.41) is 4.96. The molecule has 0 bridgehead atoms. The summed E-state index contributed by atoms with van der Waals surface area (Å²) in [5.74, 6) is -0.0863. The lowest BCUT2D eigenvalue weighted by atomic mass is 10.1. The van der Waals surface area contributed by atoms with E-state index in [1.165, 1.54) is 18.4 Å². The number of aryl methyl sites for hydroxylation is 1. The highest BCUT2D eigenvalue weighted by Crippen LogP contribution is 2.24. The summed E-state index contributed by atoms with van der Waals surface area (Å²) in [7, 11) is 1.30. The molecule has 0 unspecified atom stereocenters. The smallest absolute Gasteiger partial charge is 0.350 e. The van der Waals surface area contributed by atoms with E-state index in [-0.39, 0.29) is 11.5 Å². The second-order valence-electron chi connectivity index (χ2n) is 6.99. The molecule has 150 valence electrons. The van der Waals surface area contributed by atoms with Gasteiger partial charge >= 0.3 is 5.97 Å². The number of amides is 1. The van der Waals surface area contributed by atoms with E-state index in [4.69, 9.17) is 4.74 Å². The molecule has 1 aliphatic rings. The fourth-order valence-electron chi connectivity index (χ4n) is 3.59. The molecular weight excluding hydrogens is 390 g/mol. The monoisotopic (exact) mass is 411 g/mol. The van der Waals surface area contributed by atoms with Crippen LogP contribution in [0.4, 0.5) is 5.69 Å². The molecule has 29 heavy (non-hydrogen) atoms. The molecule has 3 heterocycles. The standard InChI is InChI=1S/C21H21N3O4S/c1-28-21(27)18-15(9-11-29-18)23-19(25)13-7-8-14-16(12-13)22-17-6-4-2-3-5-10-24(17)20(14)26/h7-9,11-12H,2-6,10H2,1H3,(H,23,25). The second kappa shape index (κ2) is 8.16. The number of benzene rings is 1. The number of nitrogens with zero attached hydrogens (tertiary/aromatic N) is 2. The number of thiophene rings is 1. The maximum atomic E-state index is 12.9. The first-order valence-corrected chi connectivity index (χ1v) is 10.5. The number of ether oxygens (including phenoxy) is 1. The van der Waals surface area contributed by atoms with Gasteiger partial charge in [-0.2, -0.15) is 0 Å². The van der Waals surface area contributed by atoms with Crippen LogP contribution in [-0.4, -0.2) is 28.5 Å². The molecule has 0 saturated heterocycles. The zero-order valence-corrected chi connectivity index (χ0v) is 16.9. The van der Waals surface area contributed by atoms with E-state index in [1.54, 1.807) is 34.2 Å². The Morgan fingerprint density at radius 3 is 2.83 bits per heavy atom. The number of fused-ring (bicyclic) bond motifs is 2. The number of anilines is 1. The van der Waals surface area contributed by atoms with Gasteiger partial charge in [-0.1, -0.05) is 12.8 Å². The SMILES string of the molecule is COC(=O)c1sccc1NC(=O)c1ccc2c(=O)n3c(nc2c1)CCCCCC3. The van der Waals surface area contributed by atoms with Gasteiger partial charge in [0.15, 0.2) is 0 Å². The average Bonchev–Trinajstić information content (AvgIpc) is 3.16. The molecule has 0 spiro atoms. The first-order valence-electron chi connectivity index (χ1n) is 9.59. The third kappa shape index (κ3) is 3.80. The molecule has 0 atom stereocenters. The van der Waals surface area contributed by atoms with E-state index in [0.717, 1.165) is 37.9 Å². The van der Waals surface area contributed by atoms with Gasteiger partial charge < -0.3 is 10.1 Å². The van der Waals surface area contributed by atoms with Crippen LogP contribution in [0.15, 0.2) is 34.4 Å². The number of rotatable bonds is 3. The van der Waals surface area contributed by atoms with Crippen LogP contribution in [0.1, 0.15) is 51.5 Å². The normalized spacial score (nSPS) is 14.0. The van der Waals surface area contributed by atoms with Crippen LogP contribution in [0, 0.1) is 0 Å². The number of nitrogens with one attached hydrogen (secondary N) is 1. The van der Waals surface area contributed by atoms with Crippen LogP contribution < -0.4 is 10.9 Å². The Labute approximate surface area is 171 Å². The van der Waals surface area contributed by atoms with Crippen molar-refractivity contribution in [1.29, 1.82) is 0 Å². The largest absolute Gasteiger partial charge is 0.465 e. The van der Waals surface area contributed by atoms with Crippen molar-refractivity contribution in [1.82, 2.24) is 9.55 Å². The molecule has 1 N–H and O–H groups in total. The van der Waals surface area contributed by atoms with Gasteiger partial charge in [-0.3, -0.25) is 14.2 Å². The van der Waals surface area contributed by atoms with E-state index in [1.807, 2.05) is 0 Å². The number of hydrogen-bond acceptors (Lipinski definition) is 6. The van der Waals surface area contributed by atoms with E-state index >= 15 is 0 Å². The van der Waals surface area contributed by atoms with E-state index in [2.05, 4.69) is 10.3 Å². The average molecular weight is 411 g/mol. The number of esters is 1. The molecule has 7 nitrogen and oxygen atoms in total. The molecular formula is C21H21N3O4S. The van der Waals surface area contributed by atoms with Crippen molar-refractivity contribution in [3.63, 3.8) is 0 Å². The van der Waals surface area contributed by atoms with E-state index < -0.39 is 5.97 Å². The topological polar surface area (TPSA) is 90.3 Å². The zero-order valence-electron chi connectivity index (χ0n) is 16.1. The fraction of sp³-hybridized carbons (Fsp3) is 0.333. The molecule has 1 amide bonds. The van der Waals surface area contributed by atoms with Gasteiger partial charge in [0.1, 0.15) is 10.7 Å². The Hall–Kier alpha value is -3.00. The summed E-state index contributed by atoms with van der Waals surface area (Å²) < 4.78 is 6.51. The van der Waals surface area contributed by atoms with Crippen molar-refractivity contribution in [3.05, 3.63) is 56.3 Å². The zero-order chi connectivity index (χ0) is 20.4. The summed E-state index contributed by atoms with van der Waals surface area (Å²) >= 11 is 1.20. The molecule has 1 aromatic carbocycles. The third-order valence-electron chi connectivity index (χ3n) is 5.11. The van der Waals surface area contributed by atoms with Crippen LogP contribution in [0.5, 0.6) is 0 Å². The van der Waals surface area contributed by atoms with Crippen molar-refractivity contribution < 1.29 is 14.3 Å². The quantitative estimate of drug-likeness (QED) is 0.665. The molecule has 8 heteroatoms. The van der Waals surface area contributed by atoms with Crippen molar-refractivity contribution in [2.24, 2.45) is 0 Å². The summed E-state index contributed by atoms with van der Waals surface area (Å²) in [4.78, 5) is 42.4. The third-order valence-corrected chi connectivity index (χ3v) is 6.01. The Kier molecular flexibility index (Phi) is 5.44. The molecule has 3 aromatic rings. The number of aromatic nitrogens is 2. The van der Waals surface area contributed by atoms with Gasteiger partial charge in [-0.25, -0.2) is 9.78 Å². The lowest BCUT2D eigenvalue weighted by molar-refractivity contribution is 0.0607. The van der Waals surface area contributed by atoms with Crippen molar-refractivity contribution in [3.8, 4) is 0 Å². The molecule has 0 radical (unpaired) electrons. The molecule has 1 aliphatic heterocycles. The molecule has 0 fully saturated rings. The van der Waals surface area contributed by atoms with Crippen LogP contribution in [-0.2, 0) is 17.7 Å². The number of methoxy groups -OCH3 is 1. The Balaban J connectivity index is 1.67.